The minimum Gasteiger partial charge on any atom is -0.461 e. The average Bonchev–Trinajstić information content (AvgIpc) is 2.29. The second-order valence-corrected chi connectivity index (χ2v) is 4.11. The van der Waals surface area contributed by atoms with E-state index < -0.39 is 5.97 Å². The lowest BCUT2D eigenvalue weighted by Crippen LogP contribution is -2.11. The van der Waals surface area contributed by atoms with Gasteiger partial charge in [0.1, 0.15) is 0 Å². The quantitative estimate of drug-likeness (QED) is 0.474. The number of carbonyl (C=O) groups excluding carboxylic acids is 2. The number of rotatable bonds is 5. The maximum Gasteiger partial charge on any atom is 0.357 e. The summed E-state index contributed by atoms with van der Waals surface area (Å²) in [5, 5.41) is 0. The number of halogens is 1. The van der Waals surface area contributed by atoms with Crippen molar-refractivity contribution >= 4 is 28.2 Å². The first kappa shape index (κ1) is 12.8. The van der Waals surface area contributed by atoms with Crippen LogP contribution < -0.4 is 0 Å². The average molecular weight is 286 g/mol. The number of ether oxygens (including phenoxy) is 1. The van der Waals surface area contributed by atoms with Gasteiger partial charge in [-0.2, -0.15) is 0 Å². The molecular formula is C11H12BrNO3. The Morgan fingerprint density at radius 2 is 2.38 bits per heavy atom. The molecule has 5 heteroatoms. The van der Waals surface area contributed by atoms with E-state index in [2.05, 4.69) is 20.9 Å². The molecule has 0 atom stereocenters. The van der Waals surface area contributed by atoms with Crippen LogP contribution in [0.3, 0.4) is 0 Å². The molecule has 0 amide bonds. The van der Waals surface area contributed by atoms with E-state index in [1.54, 1.807) is 0 Å². The van der Waals surface area contributed by atoms with E-state index >= 15 is 0 Å². The lowest BCUT2D eigenvalue weighted by Gasteiger charge is -2.05. The van der Waals surface area contributed by atoms with Crippen molar-refractivity contribution in [2.24, 2.45) is 0 Å². The second kappa shape index (κ2) is 6.37. The van der Waals surface area contributed by atoms with Crippen LogP contribution in [0, 0.1) is 0 Å². The first-order valence-corrected chi connectivity index (χ1v) is 5.76. The first-order chi connectivity index (χ1) is 7.69. The SMILES string of the molecule is CCCCOC(=O)c1ncc(Br)cc1C=O. The Labute approximate surface area is 102 Å². The summed E-state index contributed by atoms with van der Waals surface area (Å²) in [6.07, 6.45) is 3.80. The van der Waals surface area contributed by atoms with Crippen LogP contribution in [0.2, 0.25) is 0 Å². The molecule has 0 aliphatic rings. The van der Waals surface area contributed by atoms with Crippen LogP contribution >= 0.6 is 15.9 Å². The molecular weight excluding hydrogens is 274 g/mol. The zero-order valence-corrected chi connectivity index (χ0v) is 10.5. The summed E-state index contributed by atoms with van der Waals surface area (Å²) in [6.45, 7) is 2.36. The van der Waals surface area contributed by atoms with Crippen molar-refractivity contribution in [1.29, 1.82) is 0 Å². The molecule has 1 aromatic heterocycles. The first-order valence-electron chi connectivity index (χ1n) is 4.97. The molecule has 0 saturated carbocycles. The third-order valence-corrected chi connectivity index (χ3v) is 2.37. The Morgan fingerprint density at radius 1 is 1.62 bits per heavy atom. The van der Waals surface area contributed by atoms with E-state index in [0.717, 1.165) is 12.8 Å². The second-order valence-electron chi connectivity index (χ2n) is 3.20. The van der Waals surface area contributed by atoms with Crippen LogP contribution in [0.15, 0.2) is 16.7 Å². The van der Waals surface area contributed by atoms with Crippen molar-refractivity contribution in [3.8, 4) is 0 Å². The topological polar surface area (TPSA) is 56.3 Å². The smallest absolute Gasteiger partial charge is 0.357 e. The van der Waals surface area contributed by atoms with Gasteiger partial charge in [-0.3, -0.25) is 4.79 Å². The fourth-order valence-corrected chi connectivity index (χ4v) is 1.44. The van der Waals surface area contributed by atoms with Crippen LogP contribution in [0.25, 0.3) is 0 Å². The summed E-state index contributed by atoms with van der Waals surface area (Å²) >= 11 is 3.18. The van der Waals surface area contributed by atoms with Gasteiger partial charge in [0, 0.05) is 16.2 Å². The molecule has 16 heavy (non-hydrogen) atoms. The number of esters is 1. The van der Waals surface area contributed by atoms with Gasteiger partial charge in [-0.15, -0.1) is 0 Å². The van der Waals surface area contributed by atoms with Gasteiger partial charge in [0.25, 0.3) is 0 Å². The van der Waals surface area contributed by atoms with Gasteiger partial charge in [-0.05, 0) is 28.4 Å². The number of unbranched alkanes of at least 4 members (excludes halogenated alkanes) is 1. The third kappa shape index (κ3) is 3.41. The predicted octanol–water partition coefficient (Wildman–Crippen LogP) is 2.61. The zero-order chi connectivity index (χ0) is 12.0. The Morgan fingerprint density at radius 3 is 3.00 bits per heavy atom. The number of aromatic nitrogens is 1. The molecule has 4 nitrogen and oxygen atoms in total. The zero-order valence-electron chi connectivity index (χ0n) is 8.90. The molecule has 1 rings (SSSR count). The summed E-state index contributed by atoms with van der Waals surface area (Å²) in [5.41, 5.74) is 0.296. The molecule has 86 valence electrons. The van der Waals surface area contributed by atoms with E-state index in [1.165, 1.54) is 12.3 Å². The molecule has 0 bridgehead atoms. The summed E-state index contributed by atoms with van der Waals surface area (Å²) in [5.74, 6) is -0.553. The maximum absolute atomic E-state index is 11.6. The fraction of sp³-hybridized carbons (Fsp3) is 0.364. The number of aldehydes is 1. The van der Waals surface area contributed by atoms with Crippen LogP contribution in [0.1, 0.15) is 40.6 Å². The van der Waals surface area contributed by atoms with Gasteiger partial charge in [0.05, 0.1) is 6.61 Å². The van der Waals surface area contributed by atoms with Gasteiger partial charge in [-0.1, -0.05) is 13.3 Å². The molecule has 0 spiro atoms. The van der Waals surface area contributed by atoms with Crippen molar-refractivity contribution < 1.29 is 14.3 Å². The number of pyridine rings is 1. The summed E-state index contributed by atoms with van der Waals surface area (Å²) in [6, 6.07) is 1.54. The molecule has 0 saturated heterocycles. The molecule has 0 aliphatic heterocycles. The van der Waals surface area contributed by atoms with E-state index in [0.29, 0.717) is 17.4 Å². The van der Waals surface area contributed by atoms with Gasteiger partial charge in [0.2, 0.25) is 0 Å². The Balaban J connectivity index is 2.78. The van der Waals surface area contributed by atoms with E-state index in [4.69, 9.17) is 4.74 Å². The molecule has 0 N–H and O–H groups in total. The third-order valence-electron chi connectivity index (χ3n) is 1.94. The lowest BCUT2D eigenvalue weighted by atomic mass is 10.2. The minimum atomic E-state index is -0.553. The highest BCUT2D eigenvalue weighted by Crippen LogP contribution is 2.13. The van der Waals surface area contributed by atoms with Gasteiger partial charge in [0.15, 0.2) is 12.0 Å². The molecule has 1 heterocycles. The Hall–Kier alpha value is -1.23. The molecule has 1 aromatic rings. The van der Waals surface area contributed by atoms with Crippen molar-refractivity contribution in [3.05, 3.63) is 28.0 Å². The Kier molecular flexibility index (Phi) is 5.11. The van der Waals surface area contributed by atoms with Crippen molar-refractivity contribution in [3.63, 3.8) is 0 Å². The van der Waals surface area contributed by atoms with Gasteiger partial charge >= 0.3 is 5.97 Å². The Bertz CT molecular complexity index is 393. The monoisotopic (exact) mass is 285 g/mol. The number of hydrogen-bond acceptors (Lipinski definition) is 4. The normalized spacial score (nSPS) is 9.88. The highest BCUT2D eigenvalue weighted by atomic mass is 79.9. The van der Waals surface area contributed by atoms with Gasteiger partial charge in [-0.25, -0.2) is 9.78 Å². The van der Waals surface area contributed by atoms with E-state index in [-0.39, 0.29) is 11.3 Å². The molecule has 0 aliphatic carbocycles. The predicted molar refractivity (Wildman–Crippen MR) is 62.5 cm³/mol. The van der Waals surface area contributed by atoms with Crippen LogP contribution in [0.4, 0.5) is 0 Å². The number of hydrogen-bond donors (Lipinski definition) is 0. The maximum atomic E-state index is 11.6. The van der Waals surface area contributed by atoms with Crippen LogP contribution in [-0.4, -0.2) is 23.8 Å². The van der Waals surface area contributed by atoms with E-state index in [1.807, 2.05) is 6.92 Å². The molecule has 0 fully saturated rings. The fourth-order valence-electron chi connectivity index (χ4n) is 1.09. The summed E-state index contributed by atoms with van der Waals surface area (Å²) in [4.78, 5) is 26.2. The van der Waals surface area contributed by atoms with Crippen LogP contribution in [0.5, 0.6) is 0 Å². The molecule has 0 aromatic carbocycles. The van der Waals surface area contributed by atoms with Crippen LogP contribution in [-0.2, 0) is 4.74 Å². The number of nitrogens with zero attached hydrogens (tertiary/aromatic N) is 1. The molecule has 0 unspecified atom stereocenters. The highest BCUT2D eigenvalue weighted by molar-refractivity contribution is 9.10. The van der Waals surface area contributed by atoms with E-state index in [9.17, 15) is 9.59 Å². The van der Waals surface area contributed by atoms with Crippen molar-refractivity contribution in [2.45, 2.75) is 19.8 Å². The molecule has 0 radical (unpaired) electrons. The summed E-state index contributed by atoms with van der Waals surface area (Å²) in [7, 11) is 0. The lowest BCUT2D eigenvalue weighted by molar-refractivity contribution is 0.0490. The minimum absolute atomic E-state index is 0.0642. The highest BCUT2D eigenvalue weighted by Gasteiger charge is 2.14. The standard InChI is InChI=1S/C11H12BrNO3/c1-2-3-4-16-11(15)10-8(7-14)5-9(12)6-13-10/h5-7H,2-4H2,1H3. The summed E-state index contributed by atoms with van der Waals surface area (Å²) < 4.78 is 5.63. The largest absolute Gasteiger partial charge is 0.461 e. The van der Waals surface area contributed by atoms with Gasteiger partial charge < -0.3 is 4.74 Å². The van der Waals surface area contributed by atoms with Crippen molar-refractivity contribution in [1.82, 2.24) is 4.98 Å². The van der Waals surface area contributed by atoms with Crippen molar-refractivity contribution in [2.75, 3.05) is 6.61 Å². The number of carbonyl (C=O) groups is 2.